The van der Waals surface area contributed by atoms with Crippen molar-refractivity contribution in [1.82, 2.24) is 0 Å². The van der Waals surface area contributed by atoms with E-state index in [0.29, 0.717) is 22.3 Å². The van der Waals surface area contributed by atoms with E-state index in [1.807, 2.05) is 146 Å². The van der Waals surface area contributed by atoms with E-state index in [1.165, 1.54) is 10.4 Å². The first-order valence-electron chi connectivity index (χ1n) is 24.3. The lowest BCUT2D eigenvalue weighted by molar-refractivity contribution is 0.563. The average molecular weight is 959 g/mol. The van der Waals surface area contributed by atoms with E-state index in [2.05, 4.69) is 143 Å². The van der Waals surface area contributed by atoms with E-state index in [0.717, 1.165) is 66.4 Å². The van der Waals surface area contributed by atoms with Gasteiger partial charge in [-0.3, -0.25) is 0 Å². The van der Waals surface area contributed by atoms with Crippen LogP contribution in [0, 0.1) is 0 Å². The van der Waals surface area contributed by atoms with Crippen LogP contribution < -0.4 is 41.8 Å². The van der Waals surface area contributed by atoms with Gasteiger partial charge in [-0.05, 0) is 117 Å². The molecule has 0 aliphatic heterocycles. The number of para-hydroxylation sites is 4. The Labute approximate surface area is 423 Å². The second-order valence-electron chi connectivity index (χ2n) is 18.0. The van der Waals surface area contributed by atoms with Gasteiger partial charge in [0, 0.05) is 57.0 Å². The summed E-state index contributed by atoms with van der Waals surface area (Å²) in [4.78, 5) is 32.3. The second kappa shape index (κ2) is 19.3. The molecule has 12 aromatic rings. The summed E-state index contributed by atoms with van der Waals surface area (Å²) in [7, 11) is -3.02. The van der Waals surface area contributed by atoms with Crippen LogP contribution in [-0.4, -0.2) is 8.07 Å². The van der Waals surface area contributed by atoms with Gasteiger partial charge in [0.1, 0.15) is 11.2 Å². The van der Waals surface area contributed by atoms with Gasteiger partial charge in [0.05, 0.1) is 11.1 Å². The van der Waals surface area contributed by atoms with Crippen molar-refractivity contribution in [2.24, 2.45) is 0 Å². The first kappa shape index (κ1) is 44.6. The molecule has 0 atom stereocenters. The SMILES string of the molecule is O=c1oc2cc(N(c3ccccc3)c3ccccc3)ccc2cc1-c1ccc([Si](c2ccccc2)(c2ccccc2)c2ccc(-c3cc4ccc(N(c5ccccc5)c5ccccc5)cc4oc3=O)cc2)cc1. The molecule has 348 valence electrons. The Morgan fingerprint density at radius 2 is 0.562 bits per heavy atom. The fourth-order valence-corrected chi connectivity index (χ4v) is 15.0. The van der Waals surface area contributed by atoms with Gasteiger partial charge in [-0.15, -0.1) is 0 Å². The Morgan fingerprint density at radius 3 is 0.877 bits per heavy atom. The minimum atomic E-state index is -3.02. The maximum absolute atomic E-state index is 14.0. The highest BCUT2D eigenvalue weighted by Gasteiger charge is 2.41. The van der Waals surface area contributed by atoms with Crippen molar-refractivity contribution in [3.8, 4) is 22.3 Å². The Kier molecular flexibility index (Phi) is 11.8. The minimum Gasteiger partial charge on any atom is -0.422 e. The van der Waals surface area contributed by atoms with Crippen LogP contribution in [0.5, 0.6) is 0 Å². The number of nitrogens with zero attached hydrogens (tertiary/aromatic N) is 2. The third-order valence-corrected chi connectivity index (χ3v) is 18.5. The maximum atomic E-state index is 14.0. The zero-order valence-electron chi connectivity index (χ0n) is 39.6. The molecule has 0 amide bonds. The highest BCUT2D eigenvalue weighted by atomic mass is 28.3. The average Bonchev–Trinajstić information content (AvgIpc) is 3.45. The monoisotopic (exact) mass is 958 g/mol. The number of fused-ring (bicyclic) bond motifs is 2. The molecule has 2 aromatic heterocycles. The minimum absolute atomic E-state index is 0.409. The quantitative estimate of drug-likeness (QED) is 0.0690. The summed E-state index contributed by atoms with van der Waals surface area (Å²) in [6, 6.07) is 94.7. The summed E-state index contributed by atoms with van der Waals surface area (Å²) in [5.41, 5.74) is 8.45. The molecule has 0 unspecified atom stereocenters. The predicted molar refractivity (Wildman–Crippen MR) is 302 cm³/mol. The van der Waals surface area contributed by atoms with Gasteiger partial charge in [0.25, 0.3) is 0 Å². The molecule has 0 radical (unpaired) electrons. The molecule has 2 heterocycles. The lowest BCUT2D eigenvalue weighted by Crippen LogP contribution is -2.74. The molecule has 10 aromatic carbocycles. The van der Waals surface area contributed by atoms with Crippen LogP contribution in [0.15, 0.2) is 297 Å². The standard InChI is InChI=1S/C66H46N2O4Si/c69-65-61(43-49-31-37-55(45-63(49)71-65)67(51-19-7-1-8-20-51)52-21-9-2-10-22-52)47-33-39-59(40-34-47)73(57-27-15-5-16-28-57,58-29-17-6-18-30-58)60-41-35-48(36-42-60)62-44-50-32-38-56(46-64(50)72-66(62)70)68(53-23-11-3-12-24-53)54-25-13-4-14-26-54/h1-46H. The van der Waals surface area contributed by atoms with Gasteiger partial charge in [0.2, 0.25) is 0 Å². The van der Waals surface area contributed by atoms with Crippen LogP contribution in [0.1, 0.15) is 0 Å². The zero-order valence-corrected chi connectivity index (χ0v) is 40.6. The maximum Gasteiger partial charge on any atom is 0.344 e. The highest BCUT2D eigenvalue weighted by Crippen LogP contribution is 2.38. The van der Waals surface area contributed by atoms with Crippen molar-refractivity contribution in [3.63, 3.8) is 0 Å². The van der Waals surface area contributed by atoms with E-state index in [4.69, 9.17) is 8.83 Å². The smallest absolute Gasteiger partial charge is 0.344 e. The molecule has 0 bridgehead atoms. The third kappa shape index (κ3) is 8.43. The Morgan fingerprint density at radius 1 is 0.274 bits per heavy atom. The summed E-state index contributed by atoms with van der Waals surface area (Å²) in [6.45, 7) is 0. The van der Waals surface area contributed by atoms with E-state index in [-0.39, 0.29) is 0 Å². The molecule has 0 fully saturated rings. The lowest BCUT2D eigenvalue weighted by atomic mass is 10.1. The Bertz CT molecular complexity index is 3640. The van der Waals surface area contributed by atoms with E-state index < -0.39 is 19.3 Å². The normalized spacial score (nSPS) is 11.4. The molecule has 0 saturated heterocycles. The second-order valence-corrected chi connectivity index (χ2v) is 21.8. The van der Waals surface area contributed by atoms with Gasteiger partial charge < -0.3 is 18.6 Å². The highest BCUT2D eigenvalue weighted by molar-refractivity contribution is 7.19. The molecule has 0 aliphatic rings. The van der Waals surface area contributed by atoms with Crippen molar-refractivity contribution in [3.05, 3.63) is 300 Å². The molecular weight excluding hydrogens is 913 g/mol. The molecule has 0 N–H and O–H groups in total. The Hall–Kier alpha value is -9.56. The summed E-state index contributed by atoms with van der Waals surface area (Å²) >= 11 is 0. The van der Waals surface area contributed by atoms with Crippen molar-refractivity contribution in [2.45, 2.75) is 0 Å². The van der Waals surface area contributed by atoms with Crippen LogP contribution in [-0.2, 0) is 0 Å². The van der Waals surface area contributed by atoms with Crippen LogP contribution >= 0.6 is 0 Å². The third-order valence-electron chi connectivity index (χ3n) is 13.7. The summed E-state index contributed by atoms with van der Waals surface area (Å²) in [5, 5.41) is 6.32. The van der Waals surface area contributed by atoms with Gasteiger partial charge in [-0.2, -0.15) is 0 Å². The molecule has 7 heteroatoms. The zero-order chi connectivity index (χ0) is 49.1. The lowest BCUT2D eigenvalue weighted by Gasteiger charge is -2.34. The van der Waals surface area contributed by atoms with Crippen LogP contribution in [0.3, 0.4) is 0 Å². The molecule has 73 heavy (non-hydrogen) atoms. The summed E-state index contributed by atoms with van der Waals surface area (Å²) in [6.07, 6.45) is 0. The molecule has 0 aliphatic carbocycles. The fraction of sp³-hybridized carbons (Fsp3) is 0. The van der Waals surface area contributed by atoms with Crippen molar-refractivity contribution >= 4 is 84.9 Å². The van der Waals surface area contributed by atoms with E-state index in [9.17, 15) is 9.59 Å². The fourth-order valence-electron chi connectivity index (χ4n) is 10.3. The number of hydrogen-bond acceptors (Lipinski definition) is 6. The van der Waals surface area contributed by atoms with Crippen LogP contribution in [0.25, 0.3) is 44.2 Å². The Balaban J connectivity index is 0.908. The number of hydrogen-bond donors (Lipinski definition) is 0. The van der Waals surface area contributed by atoms with E-state index in [1.54, 1.807) is 0 Å². The first-order valence-corrected chi connectivity index (χ1v) is 26.3. The van der Waals surface area contributed by atoms with Crippen molar-refractivity contribution in [2.75, 3.05) is 9.80 Å². The molecule has 6 nitrogen and oxygen atoms in total. The van der Waals surface area contributed by atoms with Crippen LogP contribution in [0.4, 0.5) is 34.1 Å². The summed E-state index contributed by atoms with van der Waals surface area (Å²) in [5.74, 6) is 0. The van der Waals surface area contributed by atoms with Gasteiger partial charge in [0.15, 0.2) is 8.07 Å². The number of rotatable bonds is 12. The summed E-state index contributed by atoms with van der Waals surface area (Å²) < 4.78 is 12.3. The molecule has 0 saturated carbocycles. The van der Waals surface area contributed by atoms with Gasteiger partial charge in [-0.25, -0.2) is 9.59 Å². The van der Waals surface area contributed by atoms with Gasteiger partial charge >= 0.3 is 11.3 Å². The van der Waals surface area contributed by atoms with Crippen molar-refractivity contribution in [1.29, 1.82) is 0 Å². The molecule has 12 rings (SSSR count). The number of anilines is 6. The predicted octanol–water partition coefficient (Wildman–Crippen LogP) is 13.6. The van der Waals surface area contributed by atoms with Crippen molar-refractivity contribution < 1.29 is 8.83 Å². The molecular formula is C66H46N2O4Si. The largest absolute Gasteiger partial charge is 0.422 e. The van der Waals surface area contributed by atoms with Crippen LogP contribution in [0.2, 0.25) is 0 Å². The van der Waals surface area contributed by atoms with E-state index >= 15 is 0 Å². The topological polar surface area (TPSA) is 66.9 Å². The number of benzene rings is 10. The van der Waals surface area contributed by atoms with Gasteiger partial charge in [-0.1, -0.05) is 182 Å². The molecule has 0 spiro atoms. The first-order chi connectivity index (χ1) is 36.0.